The number of carbonyl (C=O) groups excluding carboxylic acids is 2. The lowest BCUT2D eigenvalue weighted by atomic mass is 10.1. The molecule has 46 heavy (non-hydrogen) atoms. The lowest BCUT2D eigenvalue weighted by Gasteiger charge is -2.32. The molecular weight excluding hydrogens is 657 g/mol. The average Bonchev–Trinajstić information content (AvgIpc) is 3.18. The average molecular weight is 690 g/mol. The molecule has 0 saturated heterocycles. The third kappa shape index (κ3) is 9.01. The van der Waals surface area contributed by atoms with Crippen LogP contribution in [0.3, 0.4) is 0 Å². The van der Waals surface area contributed by atoms with Crippen molar-refractivity contribution in [2.24, 2.45) is 0 Å². The van der Waals surface area contributed by atoms with Crippen molar-refractivity contribution in [1.82, 2.24) is 9.88 Å². The molecule has 1 aliphatic rings. The largest absolute Gasteiger partial charge is 0.455 e. The summed E-state index contributed by atoms with van der Waals surface area (Å²) in [6.45, 7) is 4.63. The molecule has 0 spiro atoms. The highest BCUT2D eigenvalue weighted by atomic mass is 35.5. The van der Waals surface area contributed by atoms with E-state index in [-0.39, 0.29) is 22.7 Å². The van der Waals surface area contributed by atoms with Gasteiger partial charge >= 0.3 is 6.18 Å². The normalized spacial score (nSPS) is 17.0. The molecule has 0 radical (unpaired) electrons. The molecule has 3 aromatic rings. The number of alkyl halides is 5. The van der Waals surface area contributed by atoms with Crippen molar-refractivity contribution in [3.63, 3.8) is 0 Å². The molecule has 0 bridgehead atoms. The van der Waals surface area contributed by atoms with Crippen LogP contribution in [0.4, 0.5) is 27.6 Å². The number of sulfone groups is 1. The van der Waals surface area contributed by atoms with Crippen molar-refractivity contribution in [3.8, 4) is 0 Å². The third-order valence-corrected chi connectivity index (χ3v) is 8.91. The third-order valence-electron chi connectivity index (χ3n) is 6.88. The lowest BCUT2D eigenvalue weighted by Crippen LogP contribution is -2.50. The summed E-state index contributed by atoms with van der Waals surface area (Å²) in [6.07, 6.45) is -2.25. The number of benzene rings is 2. The highest BCUT2D eigenvalue weighted by molar-refractivity contribution is 7.91. The maximum absolute atomic E-state index is 13.2. The van der Waals surface area contributed by atoms with Crippen LogP contribution in [0.5, 0.6) is 0 Å². The number of nitrogens with one attached hydrogen (secondary N) is 1. The van der Waals surface area contributed by atoms with Gasteiger partial charge in [-0.3, -0.25) is 14.6 Å². The molecule has 1 amide bonds. The number of fused-ring (bicyclic) bond motifs is 1. The van der Waals surface area contributed by atoms with Crippen LogP contribution in [0.2, 0.25) is 5.02 Å². The quantitative estimate of drug-likeness (QED) is 0.129. The van der Waals surface area contributed by atoms with Gasteiger partial charge in [0.15, 0.2) is 15.6 Å². The number of aromatic nitrogens is 1. The number of hydrogen-bond donors (Lipinski definition) is 2. The number of likely N-dealkylation sites (N-methyl/N-ethyl adjacent to an activating group) is 1. The molecule has 2 heterocycles. The predicted molar refractivity (Wildman–Crippen MR) is 165 cm³/mol. The van der Waals surface area contributed by atoms with Crippen LogP contribution in [0.1, 0.15) is 50.4 Å². The standard InChI is InChI=1S/C16H19F2NO4S.C15H14ClF3N2O/c1-3-19-14(20)12(9-15(2,17)18)10-16(19,21)11-24(22,23)13-7-5-4-6-8-13;1-2-3-6-20-13-10-5-4-9(16)7-12(10)21-8-11(13)14(22)15(17,18)19/h4-8,10,21H,3,9,11H2,1-2H3;4-5,7-8H,2-3,6H2,1H3,(H,20,21). The zero-order valence-corrected chi connectivity index (χ0v) is 26.7. The number of amides is 1. The molecule has 15 heteroatoms. The molecule has 2 N–H and O–H groups in total. The van der Waals surface area contributed by atoms with E-state index in [0.717, 1.165) is 30.0 Å². The molecule has 1 atom stereocenters. The van der Waals surface area contributed by atoms with Crippen LogP contribution in [0, 0.1) is 0 Å². The summed E-state index contributed by atoms with van der Waals surface area (Å²) in [5.74, 6) is -6.60. The lowest BCUT2D eigenvalue weighted by molar-refractivity contribution is -0.139. The minimum atomic E-state index is -4.94. The Balaban J connectivity index is 0.000000251. The van der Waals surface area contributed by atoms with Crippen molar-refractivity contribution in [1.29, 1.82) is 0 Å². The van der Waals surface area contributed by atoms with E-state index >= 15 is 0 Å². The molecule has 2 aromatic carbocycles. The fourth-order valence-electron chi connectivity index (χ4n) is 4.83. The highest BCUT2D eigenvalue weighted by Crippen LogP contribution is 2.35. The van der Waals surface area contributed by atoms with Gasteiger partial charge in [-0.25, -0.2) is 17.2 Å². The number of carbonyl (C=O) groups is 2. The van der Waals surface area contributed by atoms with E-state index in [2.05, 4.69) is 10.3 Å². The Morgan fingerprint density at radius 1 is 1.09 bits per heavy atom. The minimum Gasteiger partial charge on any atom is -0.384 e. The second-order valence-electron chi connectivity index (χ2n) is 10.7. The number of pyridine rings is 1. The first-order valence-electron chi connectivity index (χ1n) is 14.2. The number of Topliss-reactive ketones (excluding diaryl/α,β-unsaturated/α-hetero) is 1. The Morgan fingerprint density at radius 2 is 1.74 bits per heavy atom. The van der Waals surface area contributed by atoms with E-state index in [4.69, 9.17) is 11.6 Å². The number of aliphatic hydroxyl groups is 1. The number of unbranched alkanes of at least 4 members (excludes halogenated alkanes) is 1. The smallest absolute Gasteiger partial charge is 0.384 e. The fourth-order valence-corrected chi connectivity index (χ4v) is 6.53. The van der Waals surface area contributed by atoms with E-state index < -0.39 is 57.1 Å². The summed E-state index contributed by atoms with van der Waals surface area (Å²) in [7, 11) is -3.91. The first-order valence-corrected chi connectivity index (χ1v) is 16.2. The molecule has 250 valence electrons. The number of halogens is 6. The van der Waals surface area contributed by atoms with Gasteiger partial charge in [-0.2, -0.15) is 13.2 Å². The van der Waals surface area contributed by atoms with Crippen LogP contribution < -0.4 is 5.32 Å². The van der Waals surface area contributed by atoms with Gasteiger partial charge in [0, 0.05) is 41.7 Å². The van der Waals surface area contributed by atoms with E-state index in [9.17, 15) is 45.1 Å². The van der Waals surface area contributed by atoms with Gasteiger partial charge in [0.05, 0.1) is 21.7 Å². The molecule has 0 aliphatic carbocycles. The number of hydrogen-bond acceptors (Lipinski definition) is 7. The van der Waals surface area contributed by atoms with Gasteiger partial charge in [-0.1, -0.05) is 43.1 Å². The topological polar surface area (TPSA) is 117 Å². The van der Waals surface area contributed by atoms with Crippen molar-refractivity contribution < 1.29 is 45.1 Å². The number of rotatable bonds is 11. The van der Waals surface area contributed by atoms with Gasteiger partial charge in [-0.05, 0) is 56.7 Å². The monoisotopic (exact) mass is 689 g/mol. The first-order chi connectivity index (χ1) is 21.3. The number of nitrogens with zero attached hydrogens (tertiary/aromatic N) is 2. The van der Waals surface area contributed by atoms with Gasteiger partial charge < -0.3 is 15.3 Å². The van der Waals surface area contributed by atoms with Gasteiger partial charge in [0.25, 0.3) is 11.7 Å². The van der Waals surface area contributed by atoms with E-state index in [1.807, 2.05) is 6.92 Å². The summed E-state index contributed by atoms with van der Waals surface area (Å²) < 4.78 is 89.6. The van der Waals surface area contributed by atoms with Crippen molar-refractivity contribution in [2.45, 2.75) is 62.8 Å². The molecule has 1 aromatic heterocycles. The number of anilines is 1. The molecule has 1 unspecified atom stereocenters. The Morgan fingerprint density at radius 3 is 2.30 bits per heavy atom. The van der Waals surface area contributed by atoms with Crippen LogP contribution >= 0.6 is 11.6 Å². The number of ketones is 1. The summed E-state index contributed by atoms with van der Waals surface area (Å²) in [5, 5.41) is 14.5. The van der Waals surface area contributed by atoms with Crippen LogP contribution in [-0.2, 0) is 14.6 Å². The van der Waals surface area contributed by atoms with E-state index in [0.29, 0.717) is 29.4 Å². The van der Waals surface area contributed by atoms with Crippen LogP contribution in [-0.4, -0.2) is 71.8 Å². The van der Waals surface area contributed by atoms with E-state index in [1.165, 1.54) is 24.3 Å². The maximum atomic E-state index is 13.2. The van der Waals surface area contributed by atoms with Crippen LogP contribution in [0.15, 0.2) is 71.3 Å². The van der Waals surface area contributed by atoms with Crippen molar-refractivity contribution in [3.05, 3.63) is 77.0 Å². The highest BCUT2D eigenvalue weighted by Gasteiger charge is 2.47. The Hall–Kier alpha value is -3.62. The first kappa shape index (κ1) is 36.8. The van der Waals surface area contributed by atoms with Crippen molar-refractivity contribution >= 4 is 49.7 Å². The second-order valence-corrected chi connectivity index (χ2v) is 13.2. The molecule has 0 saturated carbocycles. The SMILES string of the molecule is CCCCNc1c(C(=O)C(F)(F)F)cnc2cc(Cl)ccc12.CCN1C(=O)C(CC(C)(F)F)=CC1(O)CS(=O)(=O)c1ccccc1. The fraction of sp³-hybridized carbons (Fsp3) is 0.387. The predicted octanol–water partition coefficient (Wildman–Crippen LogP) is 6.83. The zero-order chi connectivity index (χ0) is 34.5. The zero-order valence-electron chi connectivity index (χ0n) is 25.2. The molecule has 1 aliphatic heterocycles. The summed E-state index contributed by atoms with van der Waals surface area (Å²) in [5.41, 5.74) is -2.31. The van der Waals surface area contributed by atoms with E-state index in [1.54, 1.807) is 31.2 Å². The van der Waals surface area contributed by atoms with Gasteiger partial charge in [0.1, 0.15) is 5.75 Å². The maximum Gasteiger partial charge on any atom is 0.455 e. The molecule has 8 nitrogen and oxygen atoms in total. The summed E-state index contributed by atoms with van der Waals surface area (Å²) >= 11 is 5.87. The Kier molecular flexibility index (Phi) is 11.6. The second kappa shape index (κ2) is 14.4. The Bertz CT molecular complexity index is 1710. The molecular formula is C31H33ClF5N3O5S. The Labute approximate surface area is 268 Å². The van der Waals surface area contributed by atoms with Crippen molar-refractivity contribution in [2.75, 3.05) is 24.2 Å². The van der Waals surface area contributed by atoms with Gasteiger partial charge in [-0.15, -0.1) is 0 Å². The van der Waals surface area contributed by atoms with Crippen LogP contribution in [0.25, 0.3) is 10.9 Å². The minimum absolute atomic E-state index is 0.00503. The molecule has 0 fully saturated rings. The summed E-state index contributed by atoms with van der Waals surface area (Å²) in [6, 6.07) is 12.1. The molecule has 4 rings (SSSR count). The summed E-state index contributed by atoms with van der Waals surface area (Å²) in [4.78, 5) is 28.6. The van der Waals surface area contributed by atoms with Gasteiger partial charge in [0.2, 0.25) is 5.92 Å².